The number of hydrogen-bond donors (Lipinski definition) is 1. The molecule has 0 saturated carbocycles. The average molecular weight is 287 g/mol. The van der Waals surface area contributed by atoms with Gasteiger partial charge in [0, 0.05) is 43.5 Å². The lowest BCUT2D eigenvalue weighted by Crippen LogP contribution is -2.39. The highest BCUT2D eigenvalue weighted by Crippen LogP contribution is 2.25. The minimum Gasteiger partial charge on any atom is -0.456 e. The van der Waals surface area contributed by atoms with Crippen molar-refractivity contribution in [1.82, 2.24) is 14.9 Å². The highest BCUT2D eigenvalue weighted by atomic mass is 16.3. The normalized spacial score (nSPS) is 18.7. The van der Waals surface area contributed by atoms with Gasteiger partial charge in [-0.1, -0.05) is 0 Å². The van der Waals surface area contributed by atoms with E-state index in [4.69, 9.17) is 4.42 Å². The maximum absolute atomic E-state index is 12.5. The van der Waals surface area contributed by atoms with Crippen molar-refractivity contribution < 1.29 is 9.21 Å². The van der Waals surface area contributed by atoms with E-state index in [-0.39, 0.29) is 23.0 Å². The lowest BCUT2D eigenvalue weighted by atomic mass is 9.97. The SMILES string of the molecule is Cc1cc(=O)cc(C(=O)N2CCCC(c3ncc[nH]3)C2)o1. The number of imidazole rings is 1. The van der Waals surface area contributed by atoms with E-state index in [2.05, 4.69) is 9.97 Å². The molecule has 1 aliphatic heterocycles. The van der Waals surface area contributed by atoms with Crippen LogP contribution >= 0.6 is 0 Å². The first-order chi connectivity index (χ1) is 10.1. The number of carbonyl (C=O) groups excluding carboxylic acids is 1. The number of carbonyl (C=O) groups is 1. The molecule has 6 heteroatoms. The first-order valence-electron chi connectivity index (χ1n) is 7.04. The average Bonchev–Trinajstić information content (AvgIpc) is 3.00. The number of piperidine rings is 1. The molecule has 0 aromatic carbocycles. The summed E-state index contributed by atoms with van der Waals surface area (Å²) in [6.45, 7) is 2.93. The molecule has 21 heavy (non-hydrogen) atoms. The number of aromatic nitrogens is 2. The summed E-state index contributed by atoms with van der Waals surface area (Å²) in [6, 6.07) is 2.63. The fourth-order valence-electron chi connectivity index (χ4n) is 2.75. The number of amides is 1. The van der Waals surface area contributed by atoms with Crippen molar-refractivity contribution >= 4 is 5.91 Å². The van der Waals surface area contributed by atoms with Crippen molar-refractivity contribution in [2.75, 3.05) is 13.1 Å². The van der Waals surface area contributed by atoms with Crippen LogP contribution in [0.1, 0.15) is 40.9 Å². The van der Waals surface area contributed by atoms with E-state index < -0.39 is 0 Å². The van der Waals surface area contributed by atoms with Gasteiger partial charge < -0.3 is 14.3 Å². The van der Waals surface area contributed by atoms with Gasteiger partial charge in [0.1, 0.15) is 11.6 Å². The molecule has 1 N–H and O–H groups in total. The molecule has 0 spiro atoms. The zero-order valence-electron chi connectivity index (χ0n) is 11.8. The molecular weight excluding hydrogens is 270 g/mol. The Bertz CT molecular complexity index is 690. The van der Waals surface area contributed by atoms with Crippen molar-refractivity contribution in [3.8, 4) is 0 Å². The zero-order valence-corrected chi connectivity index (χ0v) is 11.8. The van der Waals surface area contributed by atoms with Gasteiger partial charge in [-0.25, -0.2) is 4.98 Å². The Kier molecular flexibility index (Phi) is 3.60. The van der Waals surface area contributed by atoms with Crippen LogP contribution in [0.25, 0.3) is 0 Å². The van der Waals surface area contributed by atoms with Gasteiger partial charge in [0.25, 0.3) is 5.91 Å². The van der Waals surface area contributed by atoms with Gasteiger partial charge in [0.15, 0.2) is 11.2 Å². The Labute approximate surface area is 121 Å². The van der Waals surface area contributed by atoms with E-state index >= 15 is 0 Å². The largest absolute Gasteiger partial charge is 0.456 e. The summed E-state index contributed by atoms with van der Waals surface area (Å²) in [6.07, 6.45) is 5.41. The third kappa shape index (κ3) is 2.89. The summed E-state index contributed by atoms with van der Waals surface area (Å²) in [5.74, 6) is 1.44. The van der Waals surface area contributed by atoms with Crippen LogP contribution in [-0.4, -0.2) is 33.9 Å². The molecule has 0 aliphatic carbocycles. The predicted molar refractivity (Wildman–Crippen MR) is 76.2 cm³/mol. The van der Waals surface area contributed by atoms with E-state index in [1.807, 2.05) is 0 Å². The van der Waals surface area contributed by atoms with Crippen LogP contribution in [-0.2, 0) is 0 Å². The number of H-pyrrole nitrogens is 1. The monoisotopic (exact) mass is 287 g/mol. The maximum Gasteiger partial charge on any atom is 0.289 e. The third-order valence-electron chi connectivity index (χ3n) is 3.72. The first-order valence-corrected chi connectivity index (χ1v) is 7.04. The maximum atomic E-state index is 12.5. The molecule has 3 rings (SSSR count). The number of hydrogen-bond acceptors (Lipinski definition) is 4. The van der Waals surface area contributed by atoms with Crippen molar-refractivity contribution in [3.05, 3.63) is 52.1 Å². The van der Waals surface area contributed by atoms with Gasteiger partial charge in [-0.05, 0) is 19.8 Å². The fraction of sp³-hybridized carbons (Fsp3) is 0.400. The zero-order chi connectivity index (χ0) is 14.8. The summed E-state index contributed by atoms with van der Waals surface area (Å²) in [4.78, 5) is 33.1. The highest BCUT2D eigenvalue weighted by molar-refractivity contribution is 5.91. The Morgan fingerprint density at radius 3 is 3.05 bits per heavy atom. The molecule has 0 bridgehead atoms. The minimum atomic E-state index is -0.230. The molecule has 1 fully saturated rings. The molecule has 1 aliphatic rings. The number of nitrogens with zero attached hydrogens (tertiary/aromatic N) is 2. The third-order valence-corrected chi connectivity index (χ3v) is 3.72. The van der Waals surface area contributed by atoms with Gasteiger partial charge in [-0.2, -0.15) is 0 Å². The summed E-state index contributed by atoms with van der Waals surface area (Å²) in [7, 11) is 0. The topological polar surface area (TPSA) is 79.2 Å². The van der Waals surface area contributed by atoms with Crippen LogP contribution in [0, 0.1) is 6.92 Å². The smallest absolute Gasteiger partial charge is 0.289 e. The van der Waals surface area contributed by atoms with Crippen molar-refractivity contribution in [2.45, 2.75) is 25.7 Å². The number of aryl methyl sites for hydroxylation is 1. The fourth-order valence-corrected chi connectivity index (χ4v) is 2.75. The second-order valence-electron chi connectivity index (χ2n) is 5.33. The lowest BCUT2D eigenvalue weighted by Gasteiger charge is -2.31. The Balaban J connectivity index is 1.79. The van der Waals surface area contributed by atoms with E-state index in [0.29, 0.717) is 18.8 Å². The second kappa shape index (κ2) is 5.55. The van der Waals surface area contributed by atoms with Gasteiger partial charge >= 0.3 is 0 Å². The van der Waals surface area contributed by atoms with Crippen molar-refractivity contribution in [1.29, 1.82) is 0 Å². The molecule has 6 nitrogen and oxygen atoms in total. The van der Waals surface area contributed by atoms with Crippen LogP contribution in [0.2, 0.25) is 0 Å². The quantitative estimate of drug-likeness (QED) is 0.911. The predicted octanol–water partition coefficient (Wildman–Crippen LogP) is 1.69. The van der Waals surface area contributed by atoms with Crippen LogP contribution in [0.5, 0.6) is 0 Å². The summed E-state index contributed by atoms with van der Waals surface area (Å²) in [5, 5.41) is 0. The number of aromatic amines is 1. The standard InChI is InChI=1S/C15H17N3O3/c1-10-7-12(19)8-13(21-10)15(20)18-6-2-3-11(9-18)14-16-4-5-17-14/h4-5,7-8,11H,2-3,6,9H2,1H3,(H,16,17). The van der Waals surface area contributed by atoms with E-state index in [1.54, 1.807) is 24.2 Å². The van der Waals surface area contributed by atoms with Gasteiger partial charge in [-0.3, -0.25) is 9.59 Å². The highest BCUT2D eigenvalue weighted by Gasteiger charge is 2.28. The van der Waals surface area contributed by atoms with Crippen molar-refractivity contribution in [3.63, 3.8) is 0 Å². The Hall–Kier alpha value is -2.37. The van der Waals surface area contributed by atoms with E-state index in [1.165, 1.54) is 12.1 Å². The van der Waals surface area contributed by atoms with Gasteiger partial charge in [0.2, 0.25) is 0 Å². The first kappa shape index (κ1) is 13.6. The summed E-state index contributed by atoms with van der Waals surface area (Å²) in [5.41, 5.74) is -0.207. The lowest BCUT2D eigenvalue weighted by molar-refractivity contribution is 0.0668. The van der Waals surface area contributed by atoms with E-state index in [9.17, 15) is 9.59 Å². The van der Waals surface area contributed by atoms with Crippen molar-refractivity contribution in [2.24, 2.45) is 0 Å². The molecule has 2 aromatic heterocycles. The van der Waals surface area contributed by atoms with Gasteiger partial charge in [0.05, 0.1) is 0 Å². The van der Waals surface area contributed by atoms with Crippen LogP contribution in [0.3, 0.4) is 0 Å². The molecule has 0 radical (unpaired) electrons. The Morgan fingerprint density at radius 2 is 2.33 bits per heavy atom. The summed E-state index contributed by atoms with van der Waals surface area (Å²) >= 11 is 0. The molecular formula is C15H17N3O3. The second-order valence-corrected chi connectivity index (χ2v) is 5.33. The number of likely N-dealkylation sites (tertiary alicyclic amines) is 1. The summed E-state index contributed by atoms with van der Waals surface area (Å²) < 4.78 is 5.38. The molecule has 2 aromatic rings. The van der Waals surface area contributed by atoms with Gasteiger partial charge in [-0.15, -0.1) is 0 Å². The minimum absolute atomic E-state index is 0.111. The van der Waals surface area contributed by atoms with Crippen LogP contribution < -0.4 is 5.43 Å². The molecule has 1 amide bonds. The van der Waals surface area contributed by atoms with E-state index in [0.717, 1.165) is 18.7 Å². The molecule has 1 atom stereocenters. The Morgan fingerprint density at radius 1 is 1.48 bits per heavy atom. The number of rotatable bonds is 2. The molecule has 110 valence electrons. The molecule has 1 unspecified atom stereocenters. The molecule has 1 saturated heterocycles. The number of nitrogens with one attached hydrogen (secondary N) is 1. The van der Waals surface area contributed by atoms with Crippen LogP contribution in [0.15, 0.2) is 33.7 Å². The molecule has 3 heterocycles. The van der Waals surface area contributed by atoms with Crippen LogP contribution in [0.4, 0.5) is 0 Å².